The van der Waals surface area contributed by atoms with E-state index in [4.69, 9.17) is 5.73 Å². The highest BCUT2D eigenvalue weighted by Gasteiger charge is 2.36. The third-order valence-electron chi connectivity index (χ3n) is 3.81. The summed E-state index contributed by atoms with van der Waals surface area (Å²) >= 11 is 0. The van der Waals surface area contributed by atoms with Crippen LogP contribution in [0, 0.1) is 11.8 Å². The molecule has 2 nitrogen and oxygen atoms in total. The van der Waals surface area contributed by atoms with Crippen LogP contribution in [0.3, 0.4) is 0 Å². The molecule has 0 aromatic heterocycles. The summed E-state index contributed by atoms with van der Waals surface area (Å²) in [7, 11) is 0. The van der Waals surface area contributed by atoms with Gasteiger partial charge in [-0.25, -0.2) is 0 Å². The summed E-state index contributed by atoms with van der Waals surface area (Å²) in [4.78, 5) is 0. The van der Waals surface area contributed by atoms with Crippen molar-refractivity contribution >= 4 is 0 Å². The first kappa shape index (κ1) is 12.0. The Hall–Kier alpha value is -0.0800. The van der Waals surface area contributed by atoms with E-state index in [1.807, 2.05) is 0 Å². The Labute approximate surface area is 87.9 Å². The van der Waals surface area contributed by atoms with Crippen molar-refractivity contribution < 1.29 is 5.11 Å². The average molecular weight is 199 g/mol. The van der Waals surface area contributed by atoms with Gasteiger partial charge in [0.05, 0.1) is 5.60 Å². The van der Waals surface area contributed by atoms with Crippen LogP contribution in [0.25, 0.3) is 0 Å². The molecule has 3 N–H and O–H groups in total. The molecule has 0 spiro atoms. The molecule has 0 amide bonds. The highest BCUT2D eigenvalue weighted by Crippen LogP contribution is 2.37. The van der Waals surface area contributed by atoms with Gasteiger partial charge in [0.2, 0.25) is 0 Å². The fourth-order valence-corrected chi connectivity index (χ4v) is 2.70. The molecule has 0 heterocycles. The second kappa shape index (κ2) is 5.13. The lowest BCUT2D eigenvalue weighted by Gasteiger charge is -2.39. The smallest absolute Gasteiger partial charge is 0.0797 e. The van der Waals surface area contributed by atoms with Crippen molar-refractivity contribution in [2.24, 2.45) is 17.6 Å². The Morgan fingerprint density at radius 1 is 1.29 bits per heavy atom. The second-order valence-corrected chi connectivity index (χ2v) is 5.01. The van der Waals surface area contributed by atoms with Crippen molar-refractivity contribution in [1.82, 2.24) is 0 Å². The van der Waals surface area contributed by atoms with Gasteiger partial charge in [-0.15, -0.1) is 0 Å². The van der Waals surface area contributed by atoms with Crippen LogP contribution >= 0.6 is 0 Å². The Balaban J connectivity index is 2.52. The molecule has 1 unspecified atom stereocenters. The quantitative estimate of drug-likeness (QED) is 0.730. The Morgan fingerprint density at radius 3 is 2.29 bits per heavy atom. The standard InChI is InChI=1S/C12H25NO/c1-3-8-12(14,9-13)11-6-4-10(2)5-7-11/h10-11,14H,3-9,13H2,1-2H3. The average Bonchev–Trinajstić information content (AvgIpc) is 2.19. The molecule has 1 aliphatic rings. The van der Waals surface area contributed by atoms with Crippen LogP contribution in [-0.4, -0.2) is 17.3 Å². The van der Waals surface area contributed by atoms with Crippen LogP contribution in [0.4, 0.5) is 0 Å². The molecule has 1 saturated carbocycles. The van der Waals surface area contributed by atoms with E-state index in [1.54, 1.807) is 0 Å². The highest BCUT2D eigenvalue weighted by molar-refractivity contribution is 4.89. The molecule has 0 saturated heterocycles. The lowest BCUT2D eigenvalue weighted by molar-refractivity contribution is -0.0369. The fraction of sp³-hybridized carbons (Fsp3) is 1.00. The predicted octanol–water partition coefficient (Wildman–Crippen LogP) is 2.30. The predicted molar refractivity (Wildman–Crippen MR) is 60.0 cm³/mol. The molecule has 0 bridgehead atoms. The van der Waals surface area contributed by atoms with E-state index in [0.29, 0.717) is 12.5 Å². The molecular formula is C12H25NO. The molecule has 14 heavy (non-hydrogen) atoms. The van der Waals surface area contributed by atoms with Crippen molar-refractivity contribution in [1.29, 1.82) is 0 Å². The van der Waals surface area contributed by atoms with Crippen LogP contribution in [0.5, 0.6) is 0 Å². The molecule has 2 heteroatoms. The van der Waals surface area contributed by atoms with Crippen molar-refractivity contribution in [3.8, 4) is 0 Å². The summed E-state index contributed by atoms with van der Waals surface area (Å²) < 4.78 is 0. The first-order chi connectivity index (χ1) is 6.62. The molecule has 1 aliphatic carbocycles. The van der Waals surface area contributed by atoms with E-state index in [9.17, 15) is 5.11 Å². The van der Waals surface area contributed by atoms with Crippen molar-refractivity contribution in [3.05, 3.63) is 0 Å². The molecule has 84 valence electrons. The molecule has 1 fully saturated rings. The van der Waals surface area contributed by atoms with Crippen LogP contribution in [0.1, 0.15) is 52.4 Å². The monoisotopic (exact) mass is 199 g/mol. The largest absolute Gasteiger partial charge is 0.388 e. The van der Waals surface area contributed by atoms with Gasteiger partial charge < -0.3 is 10.8 Å². The summed E-state index contributed by atoms with van der Waals surface area (Å²) in [5, 5.41) is 10.4. The maximum atomic E-state index is 10.4. The SMILES string of the molecule is CCCC(O)(CN)C1CCC(C)CC1. The maximum Gasteiger partial charge on any atom is 0.0797 e. The zero-order valence-corrected chi connectivity index (χ0v) is 9.63. The fourth-order valence-electron chi connectivity index (χ4n) is 2.70. The van der Waals surface area contributed by atoms with E-state index < -0.39 is 5.60 Å². The van der Waals surface area contributed by atoms with Gasteiger partial charge in [-0.3, -0.25) is 0 Å². The molecular weight excluding hydrogens is 174 g/mol. The third-order valence-corrected chi connectivity index (χ3v) is 3.81. The van der Waals surface area contributed by atoms with E-state index in [2.05, 4.69) is 13.8 Å². The van der Waals surface area contributed by atoms with E-state index in [-0.39, 0.29) is 0 Å². The number of rotatable bonds is 4. The Kier molecular flexibility index (Phi) is 4.39. The number of aliphatic hydroxyl groups is 1. The van der Waals surface area contributed by atoms with Crippen LogP contribution in [0.15, 0.2) is 0 Å². The summed E-state index contributed by atoms with van der Waals surface area (Å²) in [6, 6.07) is 0. The number of hydrogen-bond donors (Lipinski definition) is 2. The summed E-state index contributed by atoms with van der Waals surface area (Å²) in [5.74, 6) is 1.29. The van der Waals surface area contributed by atoms with Crippen LogP contribution < -0.4 is 5.73 Å². The first-order valence-electron chi connectivity index (χ1n) is 6.05. The molecule has 1 atom stereocenters. The lowest BCUT2D eigenvalue weighted by atomic mass is 9.72. The number of nitrogens with two attached hydrogens (primary N) is 1. The zero-order valence-electron chi connectivity index (χ0n) is 9.63. The minimum absolute atomic E-state index is 0.430. The van der Waals surface area contributed by atoms with Crippen molar-refractivity contribution in [3.63, 3.8) is 0 Å². The second-order valence-electron chi connectivity index (χ2n) is 5.01. The van der Waals surface area contributed by atoms with Gasteiger partial charge in [0.25, 0.3) is 0 Å². The van der Waals surface area contributed by atoms with Gasteiger partial charge in [-0.1, -0.05) is 33.1 Å². The van der Waals surface area contributed by atoms with E-state index >= 15 is 0 Å². The Morgan fingerprint density at radius 2 is 1.86 bits per heavy atom. The lowest BCUT2D eigenvalue weighted by Crippen LogP contribution is -2.46. The zero-order chi connectivity index (χ0) is 10.6. The van der Waals surface area contributed by atoms with Gasteiger partial charge in [0.1, 0.15) is 0 Å². The van der Waals surface area contributed by atoms with E-state index in [0.717, 1.165) is 31.6 Å². The van der Waals surface area contributed by atoms with Gasteiger partial charge >= 0.3 is 0 Å². The summed E-state index contributed by atoms with van der Waals surface area (Å²) in [6.07, 6.45) is 6.74. The third kappa shape index (κ3) is 2.71. The topological polar surface area (TPSA) is 46.2 Å². The van der Waals surface area contributed by atoms with Gasteiger partial charge in [-0.2, -0.15) is 0 Å². The molecule has 0 aliphatic heterocycles. The van der Waals surface area contributed by atoms with Gasteiger partial charge in [-0.05, 0) is 31.1 Å². The van der Waals surface area contributed by atoms with Crippen molar-refractivity contribution in [2.45, 2.75) is 58.0 Å². The number of hydrogen-bond acceptors (Lipinski definition) is 2. The van der Waals surface area contributed by atoms with Crippen LogP contribution in [0.2, 0.25) is 0 Å². The van der Waals surface area contributed by atoms with E-state index in [1.165, 1.54) is 12.8 Å². The van der Waals surface area contributed by atoms with Crippen molar-refractivity contribution in [2.75, 3.05) is 6.54 Å². The molecule has 1 rings (SSSR count). The molecule has 0 aromatic carbocycles. The Bertz CT molecular complexity index is 164. The summed E-state index contributed by atoms with van der Waals surface area (Å²) in [5.41, 5.74) is 5.13. The maximum absolute atomic E-state index is 10.4. The minimum atomic E-state index is -0.575. The molecule has 0 radical (unpaired) electrons. The highest BCUT2D eigenvalue weighted by atomic mass is 16.3. The first-order valence-corrected chi connectivity index (χ1v) is 6.05. The van der Waals surface area contributed by atoms with Crippen LogP contribution in [-0.2, 0) is 0 Å². The van der Waals surface area contributed by atoms with Gasteiger partial charge in [0.15, 0.2) is 0 Å². The minimum Gasteiger partial charge on any atom is -0.388 e. The molecule has 0 aromatic rings. The normalized spacial score (nSPS) is 32.6. The summed E-state index contributed by atoms with van der Waals surface area (Å²) in [6.45, 7) is 4.85. The van der Waals surface area contributed by atoms with Gasteiger partial charge in [0, 0.05) is 6.54 Å².